The molecule has 0 bridgehead atoms. The summed E-state index contributed by atoms with van der Waals surface area (Å²) in [5.41, 5.74) is 13.0. The van der Waals surface area contributed by atoms with Gasteiger partial charge in [-0.15, -0.1) is 0 Å². The summed E-state index contributed by atoms with van der Waals surface area (Å²) in [6.45, 7) is 0. The summed E-state index contributed by atoms with van der Waals surface area (Å²) in [4.78, 5) is 6.61. The number of pyridine rings is 1. The standard InChI is InChI=1S/C51H33N3O/c1-2-10-37-32-42(28-21-34(37)9-1)53(40-26-22-36(23-27-40)43-15-8-16-47-46-29-30-52-33-50(46)55-51(43)47)39-24-19-35(20-25-39)38-11-7-12-41(31-38)54-48-17-5-3-13-44(48)45-14-4-6-18-49(45)54/h1-33H. The van der Waals surface area contributed by atoms with Crippen LogP contribution in [0, 0.1) is 0 Å². The molecule has 0 atom stereocenters. The number of aromatic nitrogens is 2. The van der Waals surface area contributed by atoms with Gasteiger partial charge in [0.1, 0.15) is 5.58 Å². The van der Waals surface area contributed by atoms with Gasteiger partial charge in [-0.2, -0.15) is 0 Å². The zero-order valence-electron chi connectivity index (χ0n) is 29.8. The summed E-state index contributed by atoms with van der Waals surface area (Å²) in [5, 5.41) is 7.11. The maximum Gasteiger partial charge on any atom is 0.153 e. The van der Waals surface area contributed by atoms with Crippen molar-refractivity contribution in [3.05, 3.63) is 200 Å². The Morgan fingerprint density at radius 1 is 0.436 bits per heavy atom. The van der Waals surface area contributed by atoms with E-state index in [2.05, 4.69) is 196 Å². The van der Waals surface area contributed by atoms with Gasteiger partial charge in [-0.3, -0.25) is 4.98 Å². The molecule has 0 saturated heterocycles. The first kappa shape index (κ1) is 31.1. The average Bonchev–Trinajstić information content (AvgIpc) is 3.81. The van der Waals surface area contributed by atoms with Crippen LogP contribution in [0.5, 0.6) is 0 Å². The van der Waals surface area contributed by atoms with Crippen molar-refractivity contribution in [3.63, 3.8) is 0 Å². The van der Waals surface area contributed by atoms with Crippen molar-refractivity contribution in [3.8, 4) is 27.9 Å². The van der Waals surface area contributed by atoms with Crippen LogP contribution < -0.4 is 4.90 Å². The Bertz CT molecular complexity index is 3160. The van der Waals surface area contributed by atoms with Gasteiger partial charge in [-0.25, -0.2) is 0 Å². The third-order valence-electron chi connectivity index (χ3n) is 10.9. The number of fused-ring (bicyclic) bond motifs is 7. The van der Waals surface area contributed by atoms with Crippen LogP contribution in [0.25, 0.3) is 82.5 Å². The number of anilines is 3. The van der Waals surface area contributed by atoms with E-state index in [-0.39, 0.29) is 0 Å². The molecule has 0 unspecified atom stereocenters. The molecule has 0 aliphatic heterocycles. The predicted molar refractivity (Wildman–Crippen MR) is 229 cm³/mol. The normalized spacial score (nSPS) is 11.6. The Balaban J connectivity index is 0.987. The van der Waals surface area contributed by atoms with Gasteiger partial charge in [0, 0.05) is 56.1 Å². The van der Waals surface area contributed by atoms with E-state index in [0.717, 1.165) is 61.4 Å². The zero-order valence-corrected chi connectivity index (χ0v) is 29.8. The van der Waals surface area contributed by atoms with Gasteiger partial charge in [-0.1, -0.05) is 121 Å². The van der Waals surface area contributed by atoms with Gasteiger partial charge in [-0.05, 0) is 94.2 Å². The zero-order chi connectivity index (χ0) is 36.3. The SMILES string of the molecule is c1cc(-c2ccc(N(c3ccc(-c4cccc5c4oc4cnccc45)cc3)c3ccc4ccccc4c3)cc2)cc(-n2c3ccccc3c3ccccc32)c1. The Labute approximate surface area is 317 Å². The van der Waals surface area contributed by atoms with Crippen LogP contribution in [0.1, 0.15) is 0 Å². The van der Waals surface area contributed by atoms with Gasteiger partial charge < -0.3 is 13.9 Å². The highest BCUT2D eigenvalue weighted by molar-refractivity contribution is 6.10. The second-order valence-corrected chi connectivity index (χ2v) is 14.0. The highest BCUT2D eigenvalue weighted by Gasteiger charge is 2.17. The minimum atomic E-state index is 0.797. The fourth-order valence-electron chi connectivity index (χ4n) is 8.26. The largest absolute Gasteiger partial charge is 0.454 e. The Morgan fingerprint density at radius 2 is 1.07 bits per heavy atom. The predicted octanol–water partition coefficient (Wildman–Crippen LogP) is 14.0. The molecule has 0 aliphatic carbocycles. The molecule has 0 amide bonds. The maximum absolute atomic E-state index is 6.33. The number of nitrogens with zero attached hydrogens (tertiary/aromatic N) is 3. The number of hydrogen-bond acceptors (Lipinski definition) is 3. The van der Waals surface area contributed by atoms with Crippen molar-refractivity contribution in [2.24, 2.45) is 0 Å². The molecule has 11 rings (SSSR count). The number of para-hydroxylation sites is 3. The number of rotatable bonds is 6. The molecule has 3 heterocycles. The highest BCUT2D eigenvalue weighted by atomic mass is 16.3. The lowest BCUT2D eigenvalue weighted by Crippen LogP contribution is -2.09. The molecule has 258 valence electrons. The lowest BCUT2D eigenvalue weighted by Gasteiger charge is -2.26. The van der Waals surface area contributed by atoms with E-state index in [0.29, 0.717) is 0 Å². The summed E-state index contributed by atoms with van der Waals surface area (Å²) in [5.74, 6) is 0. The second kappa shape index (κ2) is 12.6. The lowest BCUT2D eigenvalue weighted by molar-refractivity contribution is 0.668. The molecule has 55 heavy (non-hydrogen) atoms. The molecular weight excluding hydrogens is 671 g/mol. The van der Waals surface area contributed by atoms with Crippen molar-refractivity contribution < 1.29 is 4.42 Å². The first-order valence-electron chi connectivity index (χ1n) is 18.6. The lowest BCUT2D eigenvalue weighted by atomic mass is 10.0. The number of furan rings is 1. The van der Waals surface area contributed by atoms with Crippen LogP contribution in [0.2, 0.25) is 0 Å². The summed E-state index contributed by atoms with van der Waals surface area (Å²) in [6.07, 6.45) is 3.61. The molecule has 0 aliphatic rings. The molecule has 0 saturated carbocycles. The Morgan fingerprint density at radius 3 is 1.84 bits per heavy atom. The van der Waals surface area contributed by atoms with Gasteiger partial charge >= 0.3 is 0 Å². The number of benzene rings is 8. The summed E-state index contributed by atoms with van der Waals surface area (Å²) >= 11 is 0. The third-order valence-corrected chi connectivity index (χ3v) is 10.9. The first-order valence-corrected chi connectivity index (χ1v) is 18.6. The summed E-state index contributed by atoms with van der Waals surface area (Å²) < 4.78 is 8.71. The fraction of sp³-hybridized carbons (Fsp3) is 0. The van der Waals surface area contributed by atoms with E-state index >= 15 is 0 Å². The van der Waals surface area contributed by atoms with E-state index in [1.807, 2.05) is 12.3 Å². The third kappa shape index (κ3) is 5.19. The smallest absolute Gasteiger partial charge is 0.153 e. The van der Waals surface area contributed by atoms with Crippen molar-refractivity contribution in [1.29, 1.82) is 0 Å². The molecule has 4 heteroatoms. The highest BCUT2D eigenvalue weighted by Crippen LogP contribution is 2.40. The van der Waals surface area contributed by atoms with Crippen LogP contribution in [-0.4, -0.2) is 9.55 Å². The van der Waals surface area contributed by atoms with Crippen LogP contribution >= 0.6 is 0 Å². The van der Waals surface area contributed by atoms with E-state index in [9.17, 15) is 0 Å². The van der Waals surface area contributed by atoms with Crippen molar-refractivity contribution >= 4 is 71.6 Å². The van der Waals surface area contributed by atoms with Crippen molar-refractivity contribution in [2.75, 3.05) is 4.90 Å². The molecular formula is C51H33N3O. The van der Waals surface area contributed by atoms with Crippen LogP contribution in [0.15, 0.2) is 205 Å². The van der Waals surface area contributed by atoms with Crippen LogP contribution in [0.4, 0.5) is 17.1 Å². The minimum Gasteiger partial charge on any atom is -0.454 e. The molecule has 0 spiro atoms. The summed E-state index contributed by atoms with van der Waals surface area (Å²) in [7, 11) is 0. The van der Waals surface area contributed by atoms with Crippen molar-refractivity contribution in [1.82, 2.24) is 9.55 Å². The Kier molecular flexibility index (Phi) is 7.14. The van der Waals surface area contributed by atoms with Gasteiger partial charge in [0.2, 0.25) is 0 Å². The second-order valence-electron chi connectivity index (χ2n) is 14.0. The van der Waals surface area contributed by atoms with Crippen molar-refractivity contribution in [2.45, 2.75) is 0 Å². The summed E-state index contributed by atoms with van der Waals surface area (Å²) in [6, 6.07) is 67.5. The van der Waals surface area contributed by atoms with Crippen LogP contribution in [0.3, 0.4) is 0 Å². The fourth-order valence-corrected chi connectivity index (χ4v) is 8.26. The first-order chi connectivity index (χ1) is 27.3. The topological polar surface area (TPSA) is 34.2 Å². The molecule has 3 aromatic heterocycles. The van der Waals surface area contributed by atoms with E-state index < -0.39 is 0 Å². The molecule has 11 aromatic rings. The van der Waals surface area contributed by atoms with Crippen LogP contribution in [-0.2, 0) is 0 Å². The van der Waals surface area contributed by atoms with Gasteiger partial charge in [0.15, 0.2) is 5.58 Å². The van der Waals surface area contributed by atoms with E-state index in [4.69, 9.17) is 4.42 Å². The molecule has 0 radical (unpaired) electrons. The monoisotopic (exact) mass is 703 g/mol. The van der Waals surface area contributed by atoms with Gasteiger partial charge in [0.05, 0.1) is 17.2 Å². The van der Waals surface area contributed by atoms with E-state index in [1.165, 1.54) is 38.1 Å². The number of hydrogen-bond donors (Lipinski definition) is 0. The quantitative estimate of drug-likeness (QED) is 0.173. The molecule has 0 N–H and O–H groups in total. The maximum atomic E-state index is 6.33. The average molecular weight is 704 g/mol. The molecule has 8 aromatic carbocycles. The molecule has 4 nitrogen and oxygen atoms in total. The molecule has 0 fully saturated rings. The Hall–Kier alpha value is -7.43. The minimum absolute atomic E-state index is 0.797. The van der Waals surface area contributed by atoms with Gasteiger partial charge in [0.25, 0.3) is 0 Å². The van der Waals surface area contributed by atoms with E-state index in [1.54, 1.807) is 6.20 Å².